The van der Waals surface area contributed by atoms with Gasteiger partial charge in [-0.25, -0.2) is 0 Å². The van der Waals surface area contributed by atoms with E-state index in [4.69, 9.17) is 9.47 Å². The lowest BCUT2D eigenvalue weighted by molar-refractivity contribution is 0.0963. The van der Waals surface area contributed by atoms with Gasteiger partial charge < -0.3 is 14.6 Å². The smallest absolute Gasteiger partial charge is 0.262 e. The van der Waals surface area contributed by atoms with Gasteiger partial charge in [0.1, 0.15) is 11.5 Å². The Morgan fingerprint density at radius 1 is 1.09 bits per heavy atom. The van der Waals surface area contributed by atoms with Crippen LogP contribution in [0.15, 0.2) is 72.8 Å². The van der Waals surface area contributed by atoms with Gasteiger partial charge in [-0.1, -0.05) is 30.3 Å². The molecule has 0 amide bonds. The predicted molar refractivity (Wildman–Crippen MR) is 124 cm³/mol. The zero-order valence-electron chi connectivity index (χ0n) is 18.0. The van der Waals surface area contributed by atoms with Crippen molar-refractivity contribution in [1.82, 2.24) is 4.57 Å². The van der Waals surface area contributed by atoms with Crippen molar-refractivity contribution < 1.29 is 19.4 Å². The van der Waals surface area contributed by atoms with Crippen molar-refractivity contribution in [2.75, 3.05) is 19.8 Å². The van der Waals surface area contributed by atoms with Gasteiger partial charge in [0.25, 0.3) is 5.91 Å². The summed E-state index contributed by atoms with van der Waals surface area (Å²) in [6.07, 6.45) is 0.567. The molecule has 1 unspecified atom stereocenters. The quantitative estimate of drug-likeness (QED) is 0.483. The first-order valence-corrected chi connectivity index (χ1v) is 10.9. The molecule has 0 bridgehead atoms. The Hall–Kier alpha value is -3.57. The van der Waals surface area contributed by atoms with Crippen LogP contribution in [0.2, 0.25) is 0 Å². The molecule has 1 aliphatic heterocycles. The van der Waals surface area contributed by atoms with Crippen LogP contribution in [0.1, 0.15) is 33.1 Å². The van der Waals surface area contributed by atoms with E-state index in [1.54, 1.807) is 16.7 Å². The molecule has 0 saturated carbocycles. The number of aromatic nitrogens is 1. The van der Waals surface area contributed by atoms with Crippen LogP contribution >= 0.6 is 0 Å². The fourth-order valence-electron chi connectivity index (χ4n) is 4.42. The van der Waals surface area contributed by atoms with Gasteiger partial charge >= 0.3 is 0 Å². The van der Waals surface area contributed by atoms with E-state index >= 15 is 0 Å². The fraction of sp³-hybridized carbons (Fsp3) is 0.222. The number of hydrogen-bond donors (Lipinski definition) is 1. The molecule has 2 heterocycles. The molecule has 0 radical (unpaired) electrons. The Balaban J connectivity index is 1.33. The molecular formula is C27H25NO4. The number of aliphatic hydroxyl groups is 1. The third-order valence-electron chi connectivity index (χ3n) is 6.06. The monoisotopic (exact) mass is 427 g/mol. The van der Waals surface area contributed by atoms with Crippen LogP contribution in [-0.4, -0.2) is 35.4 Å². The minimum Gasteiger partial charge on any atom is -0.493 e. The van der Waals surface area contributed by atoms with Crippen molar-refractivity contribution >= 4 is 16.8 Å². The van der Waals surface area contributed by atoms with Gasteiger partial charge in [0.2, 0.25) is 0 Å². The summed E-state index contributed by atoms with van der Waals surface area (Å²) in [6.45, 7) is 3.16. The molecule has 1 N–H and O–H groups in total. The van der Waals surface area contributed by atoms with Crippen LogP contribution < -0.4 is 9.47 Å². The minimum absolute atomic E-state index is 0.0803. The first-order chi connectivity index (χ1) is 15.7. The number of rotatable bonds is 6. The van der Waals surface area contributed by atoms with E-state index < -0.39 is 0 Å². The summed E-state index contributed by atoms with van der Waals surface area (Å²) in [4.78, 5) is 13.3. The third-order valence-corrected chi connectivity index (χ3v) is 6.06. The van der Waals surface area contributed by atoms with E-state index in [2.05, 4.69) is 6.07 Å². The molecule has 1 aromatic heterocycles. The van der Waals surface area contributed by atoms with E-state index in [-0.39, 0.29) is 18.4 Å². The topological polar surface area (TPSA) is 60.7 Å². The predicted octanol–water partition coefficient (Wildman–Crippen LogP) is 4.73. The summed E-state index contributed by atoms with van der Waals surface area (Å²) in [6, 6.07) is 23.2. The maximum Gasteiger partial charge on any atom is 0.262 e. The number of carbonyl (C=O) groups excluding carboxylic acids is 1. The summed E-state index contributed by atoms with van der Waals surface area (Å²) in [5, 5.41) is 10.3. The van der Waals surface area contributed by atoms with Crippen molar-refractivity contribution in [2.24, 2.45) is 0 Å². The lowest BCUT2D eigenvalue weighted by Crippen LogP contribution is -2.14. The lowest BCUT2D eigenvalue weighted by atomic mass is 10.0. The highest BCUT2D eigenvalue weighted by atomic mass is 16.5. The normalized spacial score (nSPS) is 14.9. The van der Waals surface area contributed by atoms with Gasteiger partial charge in [-0.2, -0.15) is 0 Å². The molecule has 5 heteroatoms. The summed E-state index contributed by atoms with van der Waals surface area (Å²) in [5.41, 5.74) is 4.55. The minimum atomic E-state index is -0.0803. The number of ether oxygens (including phenoxy) is 2. The molecule has 0 fully saturated rings. The molecule has 3 aromatic carbocycles. The number of hydrogen-bond acceptors (Lipinski definition) is 4. The molecule has 1 aliphatic rings. The maximum absolute atomic E-state index is 13.3. The third kappa shape index (κ3) is 3.65. The number of aliphatic hydroxyl groups excluding tert-OH is 1. The second-order valence-electron chi connectivity index (χ2n) is 8.13. The van der Waals surface area contributed by atoms with Gasteiger partial charge in [0.05, 0.1) is 24.6 Å². The van der Waals surface area contributed by atoms with Crippen molar-refractivity contribution in [2.45, 2.75) is 19.3 Å². The summed E-state index contributed by atoms with van der Waals surface area (Å²) >= 11 is 0. The molecule has 4 aromatic rings. The van der Waals surface area contributed by atoms with Crippen LogP contribution in [0.5, 0.6) is 11.5 Å². The Morgan fingerprint density at radius 3 is 2.72 bits per heavy atom. The van der Waals surface area contributed by atoms with Crippen molar-refractivity contribution in [3.05, 3.63) is 95.2 Å². The molecule has 5 nitrogen and oxygen atoms in total. The van der Waals surface area contributed by atoms with Crippen LogP contribution in [0.4, 0.5) is 0 Å². The summed E-state index contributed by atoms with van der Waals surface area (Å²) < 4.78 is 13.4. The second kappa shape index (κ2) is 8.52. The lowest BCUT2D eigenvalue weighted by Gasteiger charge is -2.12. The Labute approximate surface area is 186 Å². The van der Waals surface area contributed by atoms with E-state index in [9.17, 15) is 9.90 Å². The summed E-state index contributed by atoms with van der Waals surface area (Å²) in [7, 11) is 0. The molecule has 1 atom stereocenters. The second-order valence-corrected chi connectivity index (χ2v) is 8.13. The molecule has 0 saturated heterocycles. The molecule has 32 heavy (non-hydrogen) atoms. The first kappa shape index (κ1) is 20.3. The SMILES string of the molecule is Cc1cc2c(CCO)cccc2n1C(=O)c1ccc(OCC2COc3ccccc32)cc1. The molecule has 162 valence electrons. The number of para-hydroxylation sites is 1. The number of fused-ring (bicyclic) bond motifs is 2. The zero-order chi connectivity index (χ0) is 22.1. The van der Waals surface area contributed by atoms with Crippen molar-refractivity contribution in [3.8, 4) is 11.5 Å². The van der Waals surface area contributed by atoms with Crippen molar-refractivity contribution in [3.63, 3.8) is 0 Å². The van der Waals surface area contributed by atoms with E-state index in [0.29, 0.717) is 25.2 Å². The van der Waals surface area contributed by atoms with Gasteiger partial charge in [-0.15, -0.1) is 0 Å². The van der Waals surface area contributed by atoms with Gasteiger partial charge in [0.15, 0.2) is 0 Å². The van der Waals surface area contributed by atoms with Gasteiger partial charge in [0, 0.05) is 28.8 Å². The van der Waals surface area contributed by atoms with E-state index in [1.165, 1.54) is 5.56 Å². The standard InChI is InChI=1S/C27H25NO4/c1-18-15-24-19(13-14-29)5-4-7-25(24)28(18)27(30)20-9-11-22(12-10-20)31-16-21-17-32-26-8-3-2-6-23(21)26/h2-12,15,21,29H,13-14,16-17H2,1H3. The van der Waals surface area contributed by atoms with Gasteiger partial charge in [-0.3, -0.25) is 9.36 Å². The molecule has 0 spiro atoms. The molecule has 5 rings (SSSR count). The number of nitrogens with zero attached hydrogens (tertiary/aromatic N) is 1. The summed E-state index contributed by atoms with van der Waals surface area (Å²) in [5.74, 6) is 1.78. The number of benzene rings is 3. The Kier molecular flexibility index (Phi) is 5.41. The number of carbonyl (C=O) groups is 1. The highest BCUT2D eigenvalue weighted by Gasteiger charge is 2.24. The molecular weight excluding hydrogens is 402 g/mol. The fourth-order valence-corrected chi connectivity index (χ4v) is 4.42. The number of aryl methyl sites for hydroxylation is 1. The Bertz CT molecular complexity index is 1270. The zero-order valence-corrected chi connectivity index (χ0v) is 18.0. The maximum atomic E-state index is 13.3. The highest BCUT2D eigenvalue weighted by molar-refractivity contribution is 6.03. The van der Waals surface area contributed by atoms with E-state index in [0.717, 1.165) is 33.7 Å². The van der Waals surface area contributed by atoms with Crippen LogP contribution in [0, 0.1) is 6.92 Å². The largest absolute Gasteiger partial charge is 0.493 e. The van der Waals surface area contributed by atoms with Crippen LogP contribution in [0.3, 0.4) is 0 Å². The molecule has 0 aliphatic carbocycles. The first-order valence-electron chi connectivity index (χ1n) is 10.9. The highest BCUT2D eigenvalue weighted by Crippen LogP contribution is 2.34. The van der Waals surface area contributed by atoms with Crippen LogP contribution in [-0.2, 0) is 6.42 Å². The average Bonchev–Trinajstić information content (AvgIpc) is 3.38. The average molecular weight is 428 g/mol. The van der Waals surface area contributed by atoms with Crippen molar-refractivity contribution in [1.29, 1.82) is 0 Å². The van der Waals surface area contributed by atoms with E-state index in [1.807, 2.05) is 61.5 Å². The van der Waals surface area contributed by atoms with Gasteiger partial charge in [-0.05, 0) is 61.4 Å². The Morgan fingerprint density at radius 2 is 1.91 bits per heavy atom. The van der Waals surface area contributed by atoms with Crippen LogP contribution in [0.25, 0.3) is 10.9 Å².